The van der Waals surface area contributed by atoms with Gasteiger partial charge in [-0.2, -0.15) is 0 Å². The fourth-order valence-corrected chi connectivity index (χ4v) is 3.09. The third-order valence-corrected chi connectivity index (χ3v) is 4.24. The third kappa shape index (κ3) is 3.14. The Morgan fingerprint density at radius 2 is 2.06 bits per heavy atom. The fourth-order valence-electron chi connectivity index (χ4n) is 1.96. The molecular weight excluding hydrogens is 257 g/mol. The number of hydrogen-bond acceptors (Lipinski definition) is 3. The van der Waals surface area contributed by atoms with Crippen molar-refractivity contribution in [2.45, 2.75) is 6.54 Å². The van der Waals surface area contributed by atoms with E-state index in [1.54, 1.807) is 0 Å². The van der Waals surface area contributed by atoms with E-state index in [9.17, 15) is 13.4 Å². The first-order chi connectivity index (χ1) is 8.56. The van der Waals surface area contributed by atoms with Gasteiger partial charge in [-0.1, -0.05) is 6.07 Å². The molecule has 98 valence electrons. The van der Waals surface area contributed by atoms with E-state index >= 15 is 0 Å². The number of carboxylic acid groups (broad SMARTS) is 1. The maximum Gasteiger partial charge on any atom is 0.336 e. The van der Waals surface area contributed by atoms with E-state index in [2.05, 4.69) is 0 Å². The van der Waals surface area contributed by atoms with Gasteiger partial charge in [0.25, 0.3) is 0 Å². The maximum atomic E-state index is 13.0. The molecule has 0 unspecified atom stereocenters. The average molecular weight is 271 g/mol. The second-order valence-electron chi connectivity index (χ2n) is 4.23. The molecule has 0 atom stereocenters. The number of aromatic carboxylic acids is 1. The first-order valence-corrected chi connectivity index (χ1v) is 7.14. The summed E-state index contributed by atoms with van der Waals surface area (Å²) in [4.78, 5) is 13.1. The Morgan fingerprint density at radius 3 is 2.67 bits per heavy atom. The minimum Gasteiger partial charge on any atom is -0.478 e. The lowest BCUT2D eigenvalue weighted by atomic mass is 10.1. The predicted octanol–water partition coefficient (Wildman–Crippen LogP) is 1.09. The van der Waals surface area contributed by atoms with E-state index in [-0.39, 0.29) is 5.56 Å². The van der Waals surface area contributed by atoms with Crippen LogP contribution in [0.1, 0.15) is 15.9 Å². The standard InChI is InChI=1S/C12H14FNO3S/c13-10-2-1-9(11(7-10)12(15)16)8-14-3-5-18(17)6-4-14/h1-2,7H,3-6,8H2,(H,15,16). The molecule has 1 N–H and O–H groups in total. The number of carbonyl (C=O) groups is 1. The molecule has 18 heavy (non-hydrogen) atoms. The molecule has 0 bridgehead atoms. The number of carboxylic acids is 1. The minimum atomic E-state index is -1.12. The number of rotatable bonds is 3. The summed E-state index contributed by atoms with van der Waals surface area (Å²) < 4.78 is 24.2. The highest BCUT2D eigenvalue weighted by Gasteiger charge is 2.18. The van der Waals surface area contributed by atoms with Crippen molar-refractivity contribution < 1.29 is 18.5 Å². The molecule has 1 heterocycles. The van der Waals surface area contributed by atoms with Gasteiger partial charge in [-0.25, -0.2) is 9.18 Å². The smallest absolute Gasteiger partial charge is 0.336 e. The Balaban J connectivity index is 2.13. The fraction of sp³-hybridized carbons (Fsp3) is 0.417. The van der Waals surface area contributed by atoms with E-state index in [1.165, 1.54) is 12.1 Å². The van der Waals surface area contributed by atoms with Crippen molar-refractivity contribution in [2.75, 3.05) is 24.6 Å². The average Bonchev–Trinajstić information content (AvgIpc) is 2.34. The first-order valence-electron chi connectivity index (χ1n) is 5.65. The van der Waals surface area contributed by atoms with Crippen molar-refractivity contribution in [3.05, 3.63) is 35.1 Å². The molecule has 1 fully saturated rings. The highest BCUT2D eigenvalue weighted by Crippen LogP contribution is 2.15. The van der Waals surface area contributed by atoms with Crippen LogP contribution in [0.4, 0.5) is 4.39 Å². The van der Waals surface area contributed by atoms with Crippen LogP contribution in [0.25, 0.3) is 0 Å². The SMILES string of the molecule is O=C(O)c1cc(F)ccc1CN1CCS(=O)CC1. The van der Waals surface area contributed by atoms with Gasteiger partial charge in [0.2, 0.25) is 0 Å². The van der Waals surface area contributed by atoms with Crippen molar-refractivity contribution in [3.63, 3.8) is 0 Å². The topological polar surface area (TPSA) is 57.6 Å². The summed E-state index contributed by atoms with van der Waals surface area (Å²) in [5.41, 5.74) is 0.596. The monoisotopic (exact) mass is 271 g/mol. The van der Waals surface area contributed by atoms with Crippen LogP contribution in [-0.4, -0.2) is 44.8 Å². The van der Waals surface area contributed by atoms with E-state index in [0.29, 0.717) is 36.7 Å². The zero-order chi connectivity index (χ0) is 13.1. The lowest BCUT2D eigenvalue weighted by Crippen LogP contribution is -2.37. The molecule has 0 amide bonds. The highest BCUT2D eigenvalue weighted by molar-refractivity contribution is 7.85. The molecule has 0 spiro atoms. The van der Waals surface area contributed by atoms with Gasteiger partial charge < -0.3 is 5.11 Å². The third-order valence-electron chi connectivity index (χ3n) is 2.97. The molecule has 0 radical (unpaired) electrons. The minimum absolute atomic E-state index is 0.00157. The second kappa shape index (κ2) is 5.58. The van der Waals surface area contributed by atoms with Crippen LogP contribution in [0.5, 0.6) is 0 Å². The Hall–Kier alpha value is -1.27. The molecule has 0 aliphatic carbocycles. The van der Waals surface area contributed by atoms with Gasteiger partial charge in [-0.05, 0) is 17.7 Å². The molecule has 0 saturated carbocycles. The zero-order valence-electron chi connectivity index (χ0n) is 9.76. The number of benzene rings is 1. The predicted molar refractivity (Wildman–Crippen MR) is 66.5 cm³/mol. The van der Waals surface area contributed by atoms with E-state index in [1.807, 2.05) is 4.90 Å². The molecule has 1 aliphatic rings. The van der Waals surface area contributed by atoms with Crippen LogP contribution in [0, 0.1) is 5.82 Å². The van der Waals surface area contributed by atoms with Crippen LogP contribution in [0.2, 0.25) is 0 Å². The lowest BCUT2D eigenvalue weighted by Gasteiger charge is -2.26. The zero-order valence-corrected chi connectivity index (χ0v) is 10.6. The Bertz CT molecular complexity index is 482. The van der Waals surface area contributed by atoms with Gasteiger partial charge >= 0.3 is 5.97 Å². The molecule has 1 aromatic rings. The van der Waals surface area contributed by atoms with Crippen molar-refractivity contribution in [1.82, 2.24) is 4.90 Å². The van der Waals surface area contributed by atoms with Gasteiger partial charge in [-0.3, -0.25) is 9.11 Å². The van der Waals surface area contributed by atoms with Crippen LogP contribution >= 0.6 is 0 Å². The molecule has 2 rings (SSSR count). The molecule has 4 nitrogen and oxygen atoms in total. The van der Waals surface area contributed by atoms with Gasteiger partial charge in [0.05, 0.1) is 5.56 Å². The van der Waals surface area contributed by atoms with Gasteiger partial charge in [0, 0.05) is 41.9 Å². The maximum absolute atomic E-state index is 13.0. The molecule has 1 aliphatic heterocycles. The van der Waals surface area contributed by atoms with Crippen LogP contribution < -0.4 is 0 Å². The summed E-state index contributed by atoms with van der Waals surface area (Å²) in [6, 6.07) is 3.81. The first kappa shape index (κ1) is 13.2. The van der Waals surface area contributed by atoms with Crippen molar-refractivity contribution >= 4 is 16.8 Å². The summed E-state index contributed by atoms with van der Waals surface area (Å²) in [5.74, 6) is -0.436. The van der Waals surface area contributed by atoms with Crippen LogP contribution in [0.3, 0.4) is 0 Å². The molecule has 1 saturated heterocycles. The van der Waals surface area contributed by atoms with Crippen LogP contribution in [0.15, 0.2) is 18.2 Å². The molecule has 1 aromatic carbocycles. The van der Waals surface area contributed by atoms with Crippen molar-refractivity contribution in [1.29, 1.82) is 0 Å². The quantitative estimate of drug-likeness (QED) is 0.894. The summed E-state index contributed by atoms with van der Waals surface area (Å²) >= 11 is 0. The highest BCUT2D eigenvalue weighted by atomic mass is 32.2. The number of hydrogen-bond donors (Lipinski definition) is 1. The Labute approximate surface area is 107 Å². The van der Waals surface area contributed by atoms with Crippen molar-refractivity contribution in [3.8, 4) is 0 Å². The van der Waals surface area contributed by atoms with E-state index < -0.39 is 22.6 Å². The molecular formula is C12H14FNO3S. The van der Waals surface area contributed by atoms with Crippen molar-refractivity contribution in [2.24, 2.45) is 0 Å². The summed E-state index contributed by atoms with van der Waals surface area (Å²) in [6.45, 7) is 1.82. The summed E-state index contributed by atoms with van der Waals surface area (Å²) in [6.07, 6.45) is 0. The van der Waals surface area contributed by atoms with E-state index in [0.717, 1.165) is 6.07 Å². The van der Waals surface area contributed by atoms with Gasteiger partial charge in [0.1, 0.15) is 5.82 Å². The van der Waals surface area contributed by atoms with Crippen LogP contribution in [-0.2, 0) is 17.3 Å². The van der Waals surface area contributed by atoms with E-state index in [4.69, 9.17) is 5.11 Å². The summed E-state index contributed by atoms with van der Waals surface area (Å²) in [7, 11) is -0.755. The normalized spacial score (nSPS) is 17.8. The largest absolute Gasteiger partial charge is 0.478 e. The Morgan fingerprint density at radius 1 is 1.39 bits per heavy atom. The molecule has 0 aromatic heterocycles. The number of nitrogens with zero attached hydrogens (tertiary/aromatic N) is 1. The number of halogens is 1. The summed E-state index contributed by atoms with van der Waals surface area (Å²) in [5, 5.41) is 9.03. The van der Waals surface area contributed by atoms with Gasteiger partial charge in [0.15, 0.2) is 0 Å². The molecule has 6 heteroatoms. The lowest BCUT2D eigenvalue weighted by molar-refractivity contribution is 0.0694. The Kier molecular flexibility index (Phi) is 4.08. The van der Waals surface area contributed by atoms with Gasteiger partial charge in [-0.15, -0.1) is 0 Å². The second-order valence-corrected chi connectivity index (χ2v) is 5.93.